The fourth-order valence-electron chi connectivity index (χ4n) is 5.67. The molecule has 1 aromatic carbocycles. The summed E-state index contributed by atoms with van der Waals surface area (Å²) >= 11 is 0.691. The van der Waals surface area contributed by atoms with Crippen molar-refractivity contribution in [3.63, 3.8) is 0 Å². The maximum absolute atomic E-state index is 13.5. The summed E-state index contributed by atoms with van der Waals surface area (Å²) in [5.74, 6) is -0.0360. The number of aromatic nitrogens is 5. The highest BCUT2D eigenvalue weighted by Gasteiger charge is 2.47. The molecule has 3 aromatic heterocycles. The van der Waals surface area contributed by atoms with Crippen molar-refractivity contribution in [1.29, 1.82) is 5.26 Å². The Morgan fingerprint density at radius 1 is 1.24 bits per heavy atom. The van der Waals surface area contributed by atoms with E-state index in [2.05, 4.69) is 24.9 Å². The van der Waals surface area contributed by atoms with Crippen molar-refractivity contribution >= 4 is 49.2 Å². The molecule has 220 valence electrons. The van der Waals surface area contributed by atoms with Crippen molar-refractivity contribution < 1.29 is 22.0 Å². The minimum atomic E-state index is -4.07. The fourth-order valence-corrected chi connectivity index (χ4v) is 7.78. The molecule has 1 amide bonds. The van der Waals surface area contributed by atoms with E-state index in [4.69, 9.17) is 0 Å². The van der Waals surface area contributed by atoms with Gasteiger partial charge in [0.15, 0.2) is 10.7 Å². The van der Waals surface area contributed by atoms with Gasteiger partial charge in [-0.05, 0) is 44.7 Å². The normalized spacial score (nSPS) is 20.5. The zero-order valence-corrected chi connectivity index (χ0v) is 24.7. The molecular formula is C27H28F2N8O3S2. The lowest BCUT2D eigenvalue weighted by Crippen LogP contribution is -2.45. The molecule has 1 aliphatic heterocycles. The molecule has 1 aliphatic carbocycles. The second-order valence-electron chi connectivity index (χ2n) is 11.3. The number of nitrogens with one attached hydrogen (secondary N) is 1. The van der Waals surface area contributed by atoms with Gasteiger partial charge in [-0.2, -0.15) is 9.98 Å². The average Bonchev–Trinajstić information content (AvgIpc) is 3.40. The SMILES string of the molecule is CC(C)C(=O)N1CCC(c2ncnc3c2c2ccc(S(=O)(=O)NC4(C#N)CC4)cc2n3-c2nnc(C(F)F)s2)CC1C. The third kappa shape index (κ3) is 4.81. The number of hydrogen-bond acceptors (Lipinski definition) is 9. The number of piperidine rings is 1. The van der Waals surface area contributed by atoms with Gasteiger partial charge >= 0.3 is 0 Å². The first kappa shape index (κ1) is 28.5. The monoisotopic (exact) mass is 614 g/mol. The van der Waals surface area contributed by atoms with E-state index < -0.39 is 27.0 Å². The van der Waals surface area contributed by atoms with Gasteiger partial charge in [0.2, 0.25) is 21.1 Å². The Morgan fingerprint density at radius 2 is 2.00 bits per heavy atom. The maximum Gasteiger partial charge on any atom is 0.291 e. The van der Waals surface area contributed by atoms with Crippen molar-refractivity contribution in [2.45, 2.75) is 75.3 Å². The van der Waals surface area contributed by atoms with E-state index in [0.717, 1.165) is 5.69 Å². The van der Waals surface area contributed by atoms with Crippen molar-refractivity contribution in [2.75, 3.05) is 6.54 Å². The minimum Gasteiger partial charge on any atom is -0.340 e. The Hall–Kier alpha value is -3.61. The van der Waals surface area contributed by atoms with Crippen LogP contribution in [0.1, 0.15) is 69.5 Å². The van der Waals surface area contributed by atoms with Crippen LogP contribution in [0.25, 0.3) is 27.1 Å². The van der Waals surface area contributed by atoms with E-state index in [1.807, 2.05) is 31.7 Å². The number of amides is 1. The van der Waals surface area contributed by atoms with Crippen LogP contribution < -0.4 is 4.72 Å². The second kappa shape index (κ2) is 10.3. The summed E-state index contributed by atoms with van der Waals surface area (Å²) in [5, 5.41) is 18.0. The summed E-state index contributed by atoms with van der Waals surface area (Å²) in [4.78, 5) is 23.7. The highest BCUT2D eigenvalue weighted by molar-refractivity contribution is 7.89. The summed E-state index contributed by atoms with van der Waals surface area (Å²) < 4.78 is 57.5. The van der Waals surface area contributed by atoms with Crippen LogP contribution >= 0.6 is 11.3 Å². The van der Waals surface area contributed by atoms with E-state index in [0.29, 0.717) is 65.5 Å². The molecule has 4 heterocycles. The van der Waals surface area contributed by atoms with Gasteiger partial charge in [0.1, 0.15) is 11.9 Å². The first-order valence-electron chi connectivity index (χ1n) is 13.6. The summed E-state index contributed by atoms with van der Waals surface area (Å²) in [6.07, 6.45) is 0.759. The molecule has 2 aliphatic rings. The Morgan fingerprint density at radius 3 is 2.62 bits per heavy atom. The third-order valence-electron chi connectivity index (χ3n) is 8.00. The number of likely N-dealkylation sites (tertiary alicyclic amines) is 1. The van der Waals surface area contributed by atoms with Crippen molar-refractivity contribution in [2.24, 2.45) is 5.92 Å². The molecule has 2 unspecified atom stereocenters. The van der Waals surface area contributed by atoms with Gasteiger partial charge in [-0.1, -0.05) is 31.3 Å². The smallest absolute Gasteiger partial charge is 0.291 e. The van der Waals surface area contributed by atoms with Gasteiger partial charge < -0.3 is 4.90 Å². The Bertz CT molecular complexity index is 1860. The van der Waals surface area contributed by atoms with Crippen LogP contribution in [-0.2, 0) is 14.8 Å². The molecule has 0 bridgehead atoms. The second-order valence-corrected chi connectivity index (χ2v) is 13.9. The summed E-state index contributed by atoms with van der Waals surface area (Å²) in [6, 6.07) is 6.54. The van der Waals surface area contributed by atoms with Gasteiger partial charge in [-0.3, -0.25) is 9.36 Å². The topological polar surface area (TPSA) is 147 Å². The molecule has 0 spiro atoms. The van der Waals surface area contributed by atoms with E-state index >= 15 is 0 Å². The summed E-state index contributed by atoms with van der Waals surface area (Å²) in [6.45, 7) is 6.34. The van der Waals surface area contributed by atoms with Crippen molar-refractivity contribution in [1.82, 2.24) is 34.4 Å². The maximum atomic E-state index is 13.5. The zero-order chi connectivity index (χ0) is 30.0. The van der Waals surface area contributed by atoms with Gasteiger partial charge in [0, 0.05) is 35.2 Å². The number of alkyl halides is 2. The van der Waals surface area contributed by atoms with Crippen LogP contribution in [0.5, 0.6) is 0 Å². The summed E-state index contributed by atoms with van der Waals surface area (Å²) in [5.41, 5.74) is 0.390. The van der Waals surface area contributed by atoms with Crippen LogP contribution in [0.2, 0.25) is 0 Å². The highest BCUT2D eigenvalue weighted by Crippen LogP contribution is 2.41. The molecule has 0 radical (unpaired) electrons. The third-order valence-corrected chi connectivity index (χ3v) is 10.4. The number of hydrogen-bond donors (Lipinski definition) is 1. The lowest BCUT2D eigenvalue weighted by atomic mass is 9.86. The Kier molecular flexibility index (Phi) is 6.98. The van der Waals surface area contributed by atoms with Gasteiger partial charge in [-0.15, -0.1) is 10.2 Å². The predicted molar refractivity (Wildman–Crippen MR) is 151 cm³/mol. The average molecular weight is 615 g/mol. The molecule has 42 heavy (non-hydrogen) atoms. The molecule has 1 saturated heterocycles. The van der Waals surface area contributed by atoms with E-state index in [1.165, 1.54) is 23.0 Å². The number of sulfonamides is 1. The standard InChI is InChI=1S/C27H28F2N8O3S2/c1-14(2)25(38)36-9-6-16(10-15(36)3)21-20-18-5-4-17(42(39,40)35-27(12-30)7-8-27)11-19(18)37(23(20)32-13-31-21)26-34-33-24(41-26)22(28)29/h4-5,11,13-16,22,35H,6-10H2,1-3H3. The quantitative estimate of drug-likeness (QED) is 0.321. The van der Waals surface area contributed by atoms with Gasteiger partial charge in [-0.25, -0.2) is 27.2 Å². The number of carbonyl (C=O) groups excluding carboxylic acids is 1. The lowest BCUT2D eigenvalue weighted by molar-refractivity contribution is -0.138. The number of rotatable bonds is 7. The van der Waals surface area contributed by atoms with Crippen LogP contribution in [0.4, 0.5) is 8.78 Å². The van der Waals surface area contributed by atoms with Crippen LogP contribution in [0.3, 0.4) is 0 Å². The molecule has 2 atom stereocenters. The molecule has 4 aromatic rings. The van der Waals surface area contributed by atoms with Crippen molar-refractivity contribution in [3.8, 4) is 11.2 Å². The highest BCUT2D eigenvalue weighted by atomic mass is 32.2. The number of fused-ring (bicyclic) bond motifs is 3. The number of carbonyl (C=O) groups is 1. The number of benzene rings is 1. The summed E-state index contributed by atoms with van der Waals surface area (Å²) in [7, 11) is -4.07. The molecule has 1 N–H and O–H groups in total. The predicted octanol–water partition coefficient (Wildman–Crippen LogP) is 4.45. The number of nitriles is 1. The van der Waals surface area contributed by atoms with Crippen molar-refractivity contribution in [3.05, 3.63) is 35.2 Å². The van der Waals surface area contributed by atoms with Crippen LogP contribution in [-0.4, -0.2) is 62.1 Å². The fraction of sp³-hybridized carbons (Fsp3) is 0.481. The molecule has 11 nitrogen and oxygen atoms in total. The molecule has 6 rings (SSSR count). The van der Waals surface area contributed by atoms with E-state index in [-0.39, 0.29) is 33.8 Å². The first-order chi connectivity index (χ1) is 19.9. The Labute approximate surface area is 244 Å². The molecule has 1 saturated carbocycles. The number of nitrogens with zero attached hydrogens (tertiary/aromatic N) is 7. The molecule has 15 heteroatoms. The van der Waals surface area contributed by atoms with Crippen LogP contribution in [0.15, 0.2) is 29.4 Å². The Balaban J connectivity index is 1.51. The first-order valence-corrected chi connectivity index (χ1v) is 15.9. The largest absolute Gasteiger partial charge is 0.340 e. The van der Waals surface area contributed by atoms with Crippen LogP contribution in [0, 0.1) is 17.2 Å². The zero-order valence-electron chi connectivity index (χ0n) is 23.1. The number of halogens is 2. The van der Waals surface area contributed by atoms with Gasteiger partial charge in [0.05, 0.1) is 22.2 Å². The minimum absolute atomic E-state index is 0.0218. The molecular weight excluding hydrogens is 586 g/mol. The lowest BCUT2D eigenvalue weighted by Gasteiger charge is -2.38. The van der Waals surface area contributed by atoms with Gasteiger partial charge in [0.25, 0.3) is 6.43 Å². The molecule has 2 fully saturated rings. The van der Waals surface area contributed by atoms with E-state index in [1.54, 1.807) is 6.07 Å². The van der Waals surface area contributed by atoms with E-state index in [9.17, 15) is 27.3 Å².